The first-order chi connectivity index (χ1) is 13.7. The Morgan fingerprint density at radius 3 is 1.54 bits per heavy atom. The smallest absolute Gasteiger partial charge is 0.411 e. The zero-order chi connectivity index (χ0) is 19.6. The molecule has 0 unspecified atom stereocenters. The molecule has 0 N–H and O–H groups in total. The van der Waals surface area contributed by atoms with Gasteiger partial charge in [0.25, 0.3) is 6.43 Å². The number of benzene rings is 3. The average molecular weight is 379 g/mol. The Balaban J connectivity index is 2.09. The molecule has 1 fully saturated rings. The average Bonchev–Trinajstić information content (AvgIpc) is 3.13. The van der Waals surface area contributed by atoms with Crippen LogP contribution in [0.2, 0.25) is 0 Å². The second kappa shape index (κ2) is 7.43. The predicted molar refractivity (Wildman–Crippen MR) is 102 cm³/mol. The molecule has 3 aromatic carbocycles. The molecule has 3 aromatic rings. The minimum absolute atomic E-state index is 0.343. The van der Waals surface area contributed by atoms with E-state index in [1.807, 2.05) is 91.0 Å². The first kappa shape index (κ1) is 18.2. The lowest BCUT2D eigenvalue weighted by atomic mass is 9.75. The number of amides is 1. The standard InChI is InChI=1S/C23H19F2NO2/c24-21(25)20-16-28-22(27)26(20)23(17-10-4-1-5-11-17,18-12-6-2-7-13-18)19-14-8-3-9-15-19/h1-15,20-21H,16H2/t20-/m1/s1. The summed E-state index contributed by atoms with van der Waals surface area (Å²) in [6.07, 6.45) is -3.48. The van der Waals surface area contributed by atoms with Gasteiger partial charge < -0.3 is 4.74 Å². The Morgan fingerprint density at radius 2 is 1.18 bits per heavy atom. The van der Waals surface area contributed by atoms with E-state index in [1.165, 1.54) is 4.90 Å². The lowest BCUT2D eigenvalue weighted by Gasteiger charge is -2.44. The van der Waals surface area contributed by atoms with Crippen molar-refractivity contribution in [2.45, 2.75) is 18.0 Å². The fourth-order valence-corrected chi connectivity index (χ4v) is 3.96. The fourth-order valence-electron chi connectivity index (χ4n) is 3.96. The van der Waals surface area contributed by atoms with Crippen LogP contribution in [-0.2, 0) is 10.3 Å². The first-order valence-corrected chi connectivity index (χ1v) is 9.06. The van der Waals surface area contributed by atoms with Crippen molar-refractivity contribution in [3.8, 4) is 0 Å². The summed E-state index contributed by atoms with van der Waals surface area (Å²) >= 11 is 0. The van der Waals surface area contributed by atoms with Crippen LogP contribution < -0.4 is 0 Å². The number of halogens is 2. The van der Waals surface area contributed by atoms with Gasteiger partial charge in [0.2, 0.25) is 0 Å². The Bertz CT molecular complexity index is 836. The molecule has 1 heterocycles. The van der Waals surface area contributed by atoms with Crippen molar-refractivity contribution in [1.29, 1.82) is 0 Å². The molecule has 0 bridgehead atoms. The topological polar surface area (TPSA) is 29.5 Å². The summed E-state index contributed by atoms with van der Waals surface area (Å²) in [5.41, 5.74) is 0.920. The normalized spacial score (nSPS) is 17.0. The van der Waals surface area contributed by atoms with E-state index in [0.29, 0.717) is 0 Å². The number of hydrogen-bond acceptors (Lipinski definition) is 2. The monoisotopic (exact) mass is 379 g/mol. The van der Waals surface area contributed by atoms with Crippen molar-refractivity contribution in [2.75, 3.05) is 6.61 Å². The van der Waals surface area contributed by atoms with Gasteiger partial charge in [0.05, 0.1) is 0 Å². The summed E-state index contributed by atoms with van der Waals surface area (Å²) in [7, 11) is 0. The molecule has 142 valence electrons. The van der Waals surface area contributed by atoms with Crippen molar-refractivity contribution in [3.63, 3.8) is 0 Å². The van der Waals surface area contributed by atoms with Crippen LogP contribution in [-0.4, -0.2) is 30.1 Å². The van der Waals surface area contributed by atoms with Crippen molar-refractivity contribution in [3.05, 3.63) is 108 Å². The highest BCUT2D eigenvalue weighted by atomic mass is 19.3. The van der Waals surface area contributed by atoms with Crippen LogP contribution in [0.3, 0.4) is 0 Å². The van der Waals surface area contributed by atoms with Gasteiger partial charge >= 0.3 is 6.09 Å². The van der Waals surface area contributed by atoms with Crippen molar-refractivity contribution in [1.82, 2.24) is 4.90 Å². The zero-order valence-electron chi connectivity index (χ0n) is 15.0. The molecule has 3 nitrogen and oxygen atoms in total. The summed E-state index contributed by atoms with van der Waals surface area (Å²) in [6.45, 7) is -0.343. The summed E-state index contributed by atoms with van der Waals surface area (Å²) in [5, 5.41) is 0. The van der Waals surface area contributed by atoms with Gasteiger partial charge in [-0.25, -0.2) is 13.6 Å². The number of rotatable bonds is 5. The molecule has 0 aromatic heterocycles. The Kier molecular flexibility index (Phi) is 4.82. The van der Waals surface area contributed by atoms with Crippen LogP contribution in [0.5, 0.6) is 0 Å². The van der Waals surface area contributed by atoms with Gasteiger partial charge in [0.1, 0.15) is 18.2 Å². The van der Waals surface area contributed by atoms with E-state index in [1.54, 1.807) is 0 Å². The highest BCUT2D eigenvalue weighted by molar-refractivity contribution is 5.74. The van der Waals surface area contributed by atoms with Crippen LogP contribution in [0, 0.1) is 0 Å². The lowest BCUT2D eigenvalue weighted by Crippen LogP contribution is -2.54. The number of carbonyl (C=O) groups excluding carboxylic acids is 1. The van der Waals surface area contributed by atoms with Crippen molar-refractivity contribution in [2.24, 2.45) is 0 Å². The van der Waals surface area contributed by atoms with Gasteiger partial charge in [0, 0.05) is 0 Å². The molecule has 0 spiro atoms. The minimum atomic E-state index is -2.73. The third-order valence-electron chi connectivity index (χ3n) is 5.13. The van der Waals surface area contributed by atoms with Crippen LogP contribution >= 0.6 is 0 Å². The second-order valence-electron chi connectivity index (χ2n) is 6.66. The zero-order valence-corrected chi connectivity index (χ0v) is 15.0. The van der Waals surface area contributed by atoms with Gasteiger partial charge in [0.15, 0.2) is 0 Å². The molecular weight excluding hydrogens is 360 g/mol. The van der Waals surface area contributed by atoms with Gasteiger partial charge in [-0.05, 0) is 16.7 Å². The van der Waals surface area contributed by atoms with Crippen LogP contribution in [0.4, 0.5) is 13.6 Å². The van der Waals surface area contributed by atoms with Crippen LogP contribution in [0.15, 0.2) is 91.0 Å². The van der Waals surface area contributed by atoms with Gasteiger partial charge in [-0.2, -0.15) is 0 Å². The quantitative estimate of drug-likeness (QED) is 0.580. The number of alkyl halides is 2. The molecule has 28 heavy (non-hydrogen) atoms. The van der Waals surface area contributed by atoms with Crippen molar-refractivity contribution < 1.29 is 18.3 Å². The maximum atomic E-state index is 14.0. The van der Waals surface area contributed by atoms with Crippen LogP contribution in [0.1, 0.15) is 16.7 Å². The first-order valence-electron chi connectivity index (χ1n) is 9.06. The predicted octanol–water partition coefficient (Wildman–Crippen LogP) is 5.06. The number of cyclic esters (lactones) is 1. The second-order valence-corrected chi connectivity index (χ2v) is 6.66. The number of ether oxygens (including phenoxy) is 1. The van der Waals surface area contributed by atoms with E-state index in [9.17, 15) is 13.6 Å². The fraction of sp³-hybridized carbons (Fsp3) is 0.174. The van der Waals surface area contributed by atoms with E-state index in [0.717, 1.165) is 16.7 Å². The molecule has 1 aliphatic heterocycles. The van der Waals surface area contributed by atoms with E-state index in [4.69, 9.17) is 4.74 Å². The van der Waals surface area contributed by atoms with Crippen LogP contribution in [0.25, 0.3) is 0 Å². The van der Waals surface area contributed by atoms with Crippen molar-refractivity contribution >= 4 is 6.09 Å². The SMILES string of the molecule is O=C1OC[C@H](C(F)F)N1C(c1ccccc1)(c1ccccc1)c1ccccc1. The maximum absolute atomic E-state index is 14.0. The lowest BCUT2D eigenvalue weighted by molar-refractivity contribution is 0.0336. The third kappa shape index (κ3) is 2.83. The molecular formula is C23H19F2NO2. The summed E-state index contributed by atoms with van der Waals surface area (Å²) < 4.78 is 33.1. The molecule has 0 radical (unpaired) electrons. The molecule has 0 saturated carbocycles. The molecule has 0 aliphatic carbocycles. The summed E-state index contributed by atoms with van der Waals surface area (Å²) in [4.78, 5) is 14.0. The number of nitrogens with zero attached hydrogens (tertiary/aromatic N) is 1. The Labute approximate surface area is 162 Å². The molecule has 4 rings (SSSR count). The van der Waals surface area contributed by atoms with E-state index in [-0.39, 0.29) is 6.61 Å². The molecule has 1 aliphatic rings. The minimum Gasteiger partial charge on any atom is -0.447 e. The third-order valence-corrected chi connectivity index (χ3v) is 5.13. The molecule has 1 amide bonds. The summed E-state index contributed by atoms with van der Waals surface area (Å²) in [6, 6.07) is 26.4. The van der Waals surface area contributed by atoms with Gasteiger partial charge in [-0.15, -0.1) is 0 Å². The van der Waals surface area contributed by atoms with E-state index >= 15 is 0 Å². The number of carbonyl (C=O) groups is 1. The van der Waals surface area contributed by atoms with E-state index in [2.05, 4.69) is 0 Å². The Hall–Kier alpha value is -3.21. The highest BCUT2D eigenvalue weighted by Crippen LogP contribution is 2.46. The Morgan fingerprint density at radius 1 is 0.786 bits per heavy atom. The largest absolute Gasteiger partial charge is 0.447 e. The highest BCUT2D eigenvalue weighted by Gasteiger charge is 2.54. The molecule has 5 heteroatoms. The number of hydrogen-bond donors (Lipinski definition) is 0. The molecule has 1 atom stereocenters. The summed E-state index contributed by atoms with van der Waals surface area (Å²) in [5.74, 6) is 0. The van der Waals surface area contributed by atoms with Gasteiger partial charge in [-0.3, -0.25) is 4.90 Å². The maximum Gasteiger partial charge on any atom is 0.411 e. The van der Waals surface area contributed by atoms with Gasteiger partial charge in [-0.1, -0.05) is 91.0 Å². The van der Waals surface area contributed by atoms with E-state index < -0.39 is 24.1 Å². The molecule has 1 saturated heterocycles.